The van der Waals surface area contributed by atoms with Gasteiger partial charge in [-0.3, -0.25) is 0 Å². The van der Waals surface area contributed by atoms with Gasteiger partial charge in [0.1, 0.15) is 21.2 Å². The molecule has 0 spiro atoms. The number of amides is 2. The average molecular weight is 831 g/mol. The predicted octanol–water partition coefficient (Wildman–Crippen LogP) is 9.86. The Hall–Kier alpha value is -3.90. The summed E-state index contributed by atoms with van der Waals surface area (Å²) < 4.78 is 11.0. The summed E-state index contributed by atoms with van der Waals surface area (Å²) >= 11 is 6.71. The number of piperidine rings is 4. The normalized spacial score (nSPS) is 19.3. The third kappa shape index (κ3) is 12.3. The summed E-state index contributed by atoms with van der Waals surface area (Å²) in [5, 5.41) is 3.10. The highest BCUT2D eigenvalue weighted by Gasteiger charge is 2.34. The van der Waals surface area contributed by atoms with Gasteiger partial charge in [-0.25, -0.2) is 14.6 Å². The lowest BCUT2D eigenvalue weighted by atomic mass is 9.79. The van der Waals surface area contributed by atoms with Gasteiger partial charge in [-0.05, 0) is 165 Å². The van der Waals surface area contributed by atoms with E-state index in [1.807, 2.05) is 75.1 Å². The van der Waals surface area contributed by atoms with Crippen LogP contribution >= 0.6 is 23.6 Å². The van der Waals surface area contributed by atoms with Gasteiger partial charge in [-0.1, -0.05) is 12.2 Å². The summed E-state index contributed by atoms with van der Waals surface area (Å²) in [6.07, 6.45) is 10.8. The first kappa shape index (κ1) is 43.7. The molecule has 2 aromatic carbocycles. The quantitative estimate of drug-likeness (QED) is 0.243. The average Bonchev–Trinajstić information content (AvgIpc) is 3.76. The molecule has 12 heteroatoms. The van der Waals surface area contributed by atoms with Gasteiger partial charge in [0.05, 0.1) is 0 Å². The Morgan fingerprint density at radius 3 is 1.31 bits per heavy atom. The van der Waals surface area contributed by atoms with Gasteiger partial charge in [0.15, 0.2) is 0 Å². The van der Waals surface area contributed by atoms with Crippen molar-refractivity contribution in [2.24, 2.45) is 29.4 Å². The Balaban J connectivity index is 0.000000196. The van der Waals surface area contributed by atoms with Crippen molar-refractivity contribution in [1.29, 1.82) is 0 Å². The van der Waals surface area contributed by atoms with E-state index in [-0.39, 0.29) is 12.2 Å². The number of carbonyl (C=O) groups excluding carboxylic acids is 2. The maximum atomic E-state index is 12.3. The van der Waals surface area contributed by atoms with Gasteiger partial charge in [-0.2, -0.15) is 0 Å². The molecule has 0 unspecified atom stereocenters. The second-order valence-electron chi connectivity index (χ2n) is 18.6. The Morgan fingerprint density at radius 2 is 0.983 bits per heavy atom. The molecule has 2 N–H and O–H groups in total. The van der Waals surface area contributed by atoms with E-state index in [4.69, 9.17) is 27.4 Å². The molecule has 0 radical (unpaired) electrons. The van der Waals surface area contributed by atoms with E-state index in [1.165, 1.54) is 42.6 Å². The van der Waals surface area contributed by atoms with Crippen molar-refractivity contribution < 1.29 is 19.1 Å². The first-order chi connectivity index (χ1) is 27.6. The maximum Gasteiger partial charge on any atom is 0.410 e. The van der Waals surface area contributed by atoms with Crippen molar-refractivity contribution >= 4 is 52.1 Å². The molecule has 0 bridgehead atoms. The first-order valence-electron chi connectivity index (χ1n) is 21.5. The molecule has 316 valence electrons. The molecule has 4 fully saturated rings. The molecule has 4 saturated heterocycles. The van der Waals surface area contributed by atoms with Gasteiger partial charge >= 0.3 is 12.2 Å². The van der Waals surface area contributed by atoms with E-state index in [0.717, 1.165) is 112 Å². The van der Waals surface area contributed by atoms with Gasteiger partial charge < -0.3 is 34.8 Å². The van der Waals surface area contributed by atoms with Gasteiger partial charge in [0, 0.05) is 86.4 Å². The molecule has 3 aromatic rings. The summed E-state index contributed by atoms with van der Waals surface area (Å²) in [6, 6.07) is 17.1. The Morgan fingerprint density at radius 1 is 0.621 bits per heavy atom. The number of benzene rings is 2. The van der Waals surface area contributed by atoms with Crippen molar-refractivity contribution in [3.63, 3.8) is 0 Å². The van der Waals surface area contributed by atoms with Crippen LogP contribution in [-0.4, -0.2) is 95.5 Å². The van der Waals surface area contributed by atoms with Crippen LogP contribution in [0.15, 0.2) is 60.1 Å². The highest BCUT2D eigenvalue weighted by molar-refractivity contribution is 7.80. The lowest BCUT2D eigenvalue weighted by molar-refractivity contribution is 0.0142. The minimum Gasteiger partial charge on any atom is -0.444 e. The fraction of sp³-hybridized carbons (Fsp3) is 0.609. The summed E-state index contributed by atoms with van der Waals surface area (Å²) in [4.78, 5) is 38.1. The van der Waals surface area contributed by atoms with Gasteiger partial charge in [0.2, 0.25) is 0 Å². The summed E-state index contributed by atoms with van der Waals surface area (Å²) in [5.41, 5.74) is 9.53. The molecule has 0 saturated carbocycles. The van der Waals surface area contributed by atoms with E-state index in [1.54, 1.807) is 11.3 Å². The number of rotatable bonds is 6. The lowest BCUT2D eigenvalue weighted by Crippen LogP contribution is -2.44. The molecule has 0 aliphatic carbocycles. The van der Waals surface area contributed by atoms with Crippen LogP contribution in [0.25, 0.3) is 10.6 Å². The van der Waals surface area contributed by atoms with E-state index >= 15 is 0 Å². The van der Waals surface area contributed by atoms with Crippen LogP contribution in [0.4, 0.5) is 21.0 Å². The second-order valence-corrected chi connectivity index (χ2v) is 19.9. The Labute approximate surface area is 356 Å². The number of hydrogen-bond donors (Lipinski definition) is 1. The molecular weight excluding hydrogens is 765 g/mol. The molecule has 5 heterocycles. The number of likely N-dealkylation sites (tertiary alicyclic amines) is 2. The van der Waals surface area contributed by atoms with Crippen molar-refractivity contribution in [3.8, 4) is 10.6 Å². The topological polar surface area (TPSA) is 104 Å². The third-order valence-corrected chi connectivity index (χ3v) is 13.3. The molecule has 58 heavy (non-hydrogen) atoms. The predicted molar refractivity (Wildman–Crippen MR) is 241 cm³/mol. The highest BCUT2D eigenvalue weighted by atomic mass is 32.1. The Bertz CT molecular complexity index is 1760. The number of thiazole rings is 1. The molecule has 7 rings (SSSR count). The van der Waals surface area contributed by atoms with Crippen LogP contribution in [0, 0.1) is 23.7 Å². The van der Waals surface area contributed by atoms with Crippen molar-refractivity contribution in [2.45, 2.75) is 104 Å². The Kier molecular flexibility index (Phi) is 14.6. The monoisotopic (exact) mass is 830 g/mol. The summed E-state index contributed by atoms with van der Waals surface area (Å²) in [7, 11) is 0. The molecule has 0 atom stereocenters. The van der Waals surface area contributed by atoms with Gasteiger partial charge in [0.25, 0.3) is 0 Å². The van der Waals surface area contributed by atoms with Crippen LogP contribution in [0.3, 0.4) is 0 Å². The zero-order valence-corrected chi connectivity index (χ0v) is 37.3. The van der Waals surface area contributed by atoms with Crippen molar-refractivity contribution in [1.82, 2.24) is 14.8 Å². The number of anilines is 2. The number of ether oxygens (including phenoxy) is 2. The summed E-state index contributed by atoms with van der Waals surface area (Å²) in [6.45, 7) is 19.3. The van der Waals surface area contributed by atoms with Crippen LogP contribution in [0.5, 0.6) is 0 Å². The molecule has 4 aliphatic rings. The number of nitrogens with two attached hydrogens (primary N) is 1. The summed E-state index contributed by atoms with van der Waals surface area (Å²) in [5.74, 6) is 2.99. The first-order valence-corrected chi connectivity index (χ1v) is 22.8. The standard InChI is InChI=1S/C24H33N3O2S.C22H33N3O2S/c1-24(2,3)29-23(28)27-15-10-19(11-16-27)18-8-13-26(14-9-18)21-6-4-20(5-7-21)22-25-12-17-30-22;1-22(2,3)27-21(26)25-14-10-17(11-15-25)16-8-12-24(13-9-16)19-6-4-18(5-7-19)20(23)28/h4-7,12,17-19H,8-11,13-16H2,1-3H3;4-7,16-17H,8-15H2,1-3H3,(H2,23,28). The third-order valence-electron chi connectivity index (χ3n) is 12.2. The number of nitrogens with zero attached hydrogens (tertiary/aromatic N) is 5. The van der Waals surface area contributed by atoms with Crippen LogP contribution in [-0.2, 0) is 9.47 Å². The number of aromatic nitrogens is 1. The largest absolute Gasteiger partial charge is 0.444 e. The van der Waals surface area contributed by atoms with E-state index in [0.29, 0.717) is 4.99 Å². The molecule has 1 aromatic heterocycles. The van der Waals surface area contributed by atoms with Crippen molar-refractivity contribution in [3.05, 3.63) is 65.7 Å². The smallest absolute Gasteiger partial charge is 0.410 e. The number of thiocarbonyl (C=S) groups is 1. The van der Waals surface area contributed by atoms with Gasteiger partial charge in [-0.15, -0.1) is 11.3 Å². The minimum atomic E-state index is -0.423. The fourth-order valence-electron chi connectivity index (χ4n) is 9.04. The van der Waals surface area contributed by atoms with E-state index < -0.39 is 11.2 Å². The maximum absolute atomic E-state index is 12.3. The minimum absolute atomic E-state index is 0.156. The SMILES string of the molecule is CC(C)(C)OC(=O)N1CCC(C2CCN(c3ccc(-c4nccs4)cc3)CC2)CC1.CC(C)(C)OC(=O)N1CCC(C2CCN(c3ccc(C(N)=S)cc3)CC2)CC1. The number of hydrogen-bond acceptors (Lipinski definition) is 9. The van der Waals surface area contributed by atoms with Crippen molar-refractivity contribution in [2.75, 3.05) is 62.2 Å². The molecule has 10 nitrogen and oxygen atoms in total. The van der Waals surface area contributed by atoms with E-state index in [2.05, 4.69) is 51.2 Å². The van der Waals surface area contributed by atoms with Crippen LogP contribution in [0.2, 0.25) is 0 Å². The number of carbonyl (C=O) groups is 2. The van der Waals surface area contributed by atoms with E-state index in [9.17, 15) is 9.59 Å². The zero-order valence-electron chi connectivity index (χ0n) is 35.7. The molecule has 4 aliphatic heterocycles. The lowest BCUT2D eigenvalue weighted by Gasteiger charge is -2.41. The van der Waals surface area contributed by atoms with Crippen LogP contribution in [0.1, 0.15) is 98.5 Å². The fourth-order valence-corrected chi connectivity index (χ4v) is 9.82. The zero-order chi connectivity index (χ0) is 41.5. The molecular formula is C46H66N6O4S2. The molecule has 2 amide bonds. The van der Waals surface area contributed by atoms with Crippen LogP contribution < -0.4 is 15.5 Å². The highest BCUT2D eigenvalue weighted by Crippen LogP contribution is 2.36. The second kappa shape index (κ2) is 19.4.